The minimum atomic E-state index is 0.441. The van der Waals surface area contributed by atoms with Crippen molar-refractivity contribution < 1.29 is 0 Å². The van der Waals surface area contributed by atoms with Crippen LogP contribution in [0.1, 0.15) is 0 Å². The van der Waals surface area contributed by atoms with Gasteiger partial charge in [-0.1, -0.05) is 40.9 Å². The van der Waals surface area contributed by atoms with Crippen LogP contribution in [0.5, 0.6) is 0 Å². The first-order chi connectivity index (χ1) is 6.16. The van der Waals surface area contributed by atoms with Gasteiger partial charge in [0.05, 0.1) is 10.0 Å². The molecule has 0 unspecified atom stereocenters. The number of rotatable bonds is 0. The highest BCUT2D eigenvalue weighted by Gasteiger charge is 2.01. The van der Waals surface area contributed by atoms with Crippen LogP contribution >= 0.6 is 34.8 Å². The van der Waals surface area contributed by atoms with Crippen LogP contribution in [0.2, 0.25) is 15.1 Å². The number of hydrogen-bond donors (Lipinski definition) is 0. The highest BCUT2D eigenvalue weighted by Crippen LogP contribution is 2.28. The minimum Gasteiger partial charge on any atom is -0.0843 e. The van der Waals surface area contributed by atoms with Gasteiger partial charge in [0, 0.05) is 11.1 Å². The average Bonchev–Trinajstić information content (AvgIpc) is 2.08. The van der Waals surface area contributed by atoms with Gasteiger partial charge in [-0.25, -0.2) is 0 Å². The fraction of sp³-hybridized carbons (Fsp3) is 0. The van der Waals surface area contributed by atoms with Gasteiger partial charge in [0.2, 0.25) is 0 Å². The minimum absolute atomic E-state index is 0.441. The summed E-state index contributed by atoms with van der Waals surface area (Å²) in [6, 6.07) is 10.2. The van der Waals surface area contributed by atoms with E-state index in [0.29, 0.717) is 15.1 Å². The molecule has 0 amide bonds. The van der Waals surface area contributed by atoms with Crippen molar-refractivity contribution in [3.63, 3.8) is 0 Å². The van der Waals surface area contributed by atoms with E-state index >= 15 is 0 Å². The molecule has 2 aromatic carbocycles. The van der Waals surface area contributed by atoms with Crippen LogP contribution in [0.25, 0.3) is 10.8 Å². The van der Waals surface area contributed by atoms with Crippen LogP contribution in [0.3, 0.4) is 0 Å². The molecule has 0 aliphatic heterocycles. The summed E-state index contributed by atoms with van der Waals surface area (Å²) in [5.74, 6) is 0. The standard InChI is InChI=1S/C10H4Cl3/c11-8-2-1-6-4-9(12)10(13)5-7(6)3-8/h1-3,5H. The maximum Gasteiger partial charge on any atom is 0.0677 e. The second kappa shape index (κ2) is 3.38. The Kier molecular flexibility index (Phi) is 2.37. The van der Waals surface area contributed by atoms with E-state index in [0.717, 1.165) is 10.8 Å². The first-order valence-electron chi connectivity index (χ1n) is 3.63. The molecule has 0 bridgehead atoms. The molecule has 13 heavy (non-hydrogen) atoms. The largest absolute Gasteiger partial charge is 0.0843 e. The van der Waals surface area contributed by atoms with Crippen LogP contribution in [-0.4, -0.2) is 0 Å². The number of benzene rings is 2. The summed E-state index contributed by atoms with van der Waals surface area (Å²) in [6.45, 7) is 0. The van der Waals surface area contributed by atoms with Crippen LogP contribution < -0.4 is 0 Å². The maximum atomic E-state index is 5.83. The third-order valence-corrected chi connectivity index (χ3v) is 2.68. The van der Waals surface area contributed by atoms with Gasteiger partial charge in [0.25, 0.3) is 0 Å². The van der Waals surface area contributed by atoms with E-state index in [-0.39, 0.29) is 0 Å². The van der Waals surface area contributed by atoms with Crippen LogP contribution in [0.4, 0.5) is 0 Å². The van der Waals surface area contributed by atoms with E-state index in [1.54, 1.807) is 12.1 Å². The van der Waals surface area contributed by atoms with Gasteiger partial charge in [0.15, 0.2) is 0 Å². The fourth-order valence-electron chi connectivity index (χ4n) is 1.14. The Labute approximate surface area is 91.0 Å². The van der Waals surface area contributed by atoms with Gasteiger partial charge in [0.1, 0.15) is 0 Å². The molecule has 0 atom stereocenters. The summed E-state index contributed by atoms with van der Waals surface area (Å²) in [5, 5.41) is 3.48. The topological polar surface area (TPSA) is 0 Å². The van der Waals surface area contributed by atoms with Gasteiger partial charge in [-0.15, -0.1) is 0 Å². The first kappa shape index (κ1) is 9.14. The summed E-state index contributed by atoms with van der Waals surface area (Å²) >= 11 is 17.5. The molecule has 0 heterocycles. The average molecular weight is 231 g/mol. The van der Waals surface area contributed by atoms with Gasteiger partial charge in [-0.3, -0.25) is 0 Å². The van der Waals surface area contributed by atoms with Crippen molar-refractivity contribution in [2.75, 3.05) is 0 Å². The summed E-state index contributed by atoms with van der Waals surface area (Å²) < 4.78 is 0. The lowest BCUT2D eigenvalue weighted by Gasteiger charge is -2.00. The van der Waals surface area contributed by atoms with Crippen LogP contribution in [0, 0.1) is 6.07 Å². The zero-order chi connectivity index (χ0) is 9.42. The van der Waals surface area contributed by atoms with Crippen LogP contribution in [0.15, 0.2) is 24.3 Å². The van der Waals surface area contributed by atoms with Crippen molar-refractivity contribution in [3.8, 4) is 0 Å². The van der Waals surface area contributed by atoms with Gasteiger partial charge in [-0.05, 0) is 29.0 Å². The first-order valence-corrected chi connectivity index (χ1v) is 4.77. The zero-order valence-electron chi connectivity index (χ0n) is 6.44. The van der Waals surface area contributed by atoms with Crippen molar-refractivity contribution in [1.29, 1.82) is 0 Å². The van der Waals surface area contributed by atoms with Crippen molar-refractivity contribution in [2.24, 2.45) is 0 Å². The Bertz CT molecular complexity index is 463. The van der Waals surface area contributed by atoms with Gasteiger partial charge < -0.3 is 0 Å². The predicted molar refractivity (Wildman–Crippen MR) is 57.8 cm³/mol. The molecule has 0 aromatic heterocycles. The van der Waals surface area contributed by atoms with E-state index in [9.17, 15) is 0 Å². The van der Waals surface area contributed by atoms with Crippen molar-refractivity contribution >= 4 is 45.6 Å². The molecule has 3 heteroatoms. The molecule has 0 aliphatic rings. The van der Waals surface area contributed by atoms with Crippen molar-refractivity contribution in [1.82, 2.24) is 0 Å². The number of fused-ring (bicyclic) bond motifs is 1. The summed E-state index contributed by atoms with van der Waals surface area (Å²) in [7, 11) is 0. The summed E-state index contributed by atoms with van der Waals surface area (Å²) in [4.78, 5) is 0. The third kappa shape index (κ3) is 1.76. The molecular formula is C10H4Cl3. The molecule has 2 rings (SSSR count). The molecule has 0 nitrogen and oxygen atoms in total. The quantitative estimate of drug-likeness (QED) is 0.620. The summed E-state index contributed by atoms with van der Waals surface area (Å²) in [5.41, 5.74) is 0. The SMILES string of the molecule is Clc1ccc2[c]c(Cl)c(Cl)cc2c1. The lowest BCUT2D eigenvalue weighted by atomic mass is 10.1. The number of hydrogen-bond acceptors (Lipinski definition) is 0. The molecular weight excluding hydrogens is 226 g/mol. The molecule has 65 valence electrons. The highest BCUT2D eigenvalue weighted by atomic mass is 35.5. The van der Waals surface area contributed by atoms with E-state index in [1.165, 1.54) is 0 Å². The third-order valence-electron chi connectivity index (χ3n) is 1.75. The van der Waals surface area contributed by atoms with E-state index in [4.69, 9.17) is 34.8 Å². The van der Waals surface area contributed by atoms with Crippen molar-refractivity contribution in [2.45, 2.75) is 0 Å². The molecule has 2 aromatic rings. The maximum absolute atomic E-state index is 5.83. The van der Waals surface area contributed by atoms with Gasteiger partial charge in [-0.2, -0.15) is 0 Å². The predicted octanol–water partition coefficient (Wildman–Crippen LogP) is 4.60. The fourth-order valence-corrected chi connectivity index (χ4v) is 1.65. The number of halogens is 3. The molecule has 1 radical (unpaired) electrons. The lowest BCUT2D eigenvalue weighted by Crippen LogP contribution is -1.75. The molecule has 0 aliphatic carbocycles. The Balaban J connectivity index is 2.81. The van der Waals surface area contributed by atoms with E-state index in [2.05, 4.69) is 6.07 Å². The monoisotopic (exact) mass is 229 g/mol. The zero-order valence-corrected chi connectivity index (χ0v) is 8.71. The highest BCUT2D eigenvalue weighted by molar-refractivity contribution is 6.42. The molecule has 0 saturated heterocycles. The van der Waals surface area contributed by atoms with Crippen LogP contribution in [-0.2, 0) is 0 Å². The normalized spacial score (nSPS) is 10.7. The Morgan fingerprint density at radius 1 is 1.00 bits per heavy atom. The lowest BCUT2D eigenvalue weighted by molar-refractivity contribution is 1.73. The Morgan fingerprint density at radius 3 is 2.54 bits per heavy atom. The van der Waals surface area contributed by atoms with E-state index in [1.807, 2.05) is 12.1 Å². The second-order valence-electron chi connectivity index (χ2n) is 2.66. The second-order valence-corrected chi connectivity index (χ2v) is 3.88. The Hall–Kier alpha value is -0.430. The molecule has 0 saturated carbocycles. The van der Waals surface area contributed by atoms with Gasteiger partial charge >= 0.3 is 0 Å². The smallest absolute Gasteiger partial charge is 0.0677 e. The Morgan fingerprint density at radius 2 is 1.77 bits per heavy atom. The summed E-state index contributed by atoms with van der Waals surface area (Å²) in [6.07, 6.45) is 0. The molecule has 0 fully saturated rings. The molecule has 0 spiro atoms. The van der Waals surface area contributed by atoms with Crippen molar-refractivity contribution in [3.05, 3.63) is 45.4 Å². The molecule has 0 N–H and O–H groups in total. The van der Waals surface area contributed by atoms with E-state index < -0.39 is 0 Å².